The number of rotatable bonds is 5. The predicted molar refractivity (Wildman–Crippen MR) is 66.9 cm³/mol. The molecule has 0 aliphatic rings. The van der Waals surface area contributed by atoms with Crippen LogP contribution in [0, 0.1) is 0 Å². The van der Waals surface area contributed by atoms with E-state index in [9.17, 15) is 18.0 Å². The first-order chi connectivity index (χ1) is 8.86. The number of ether oxygens (including phenoxy) is 1. The number of Topliss-reactive ketones (excluding diaryl/α,β-unsaturated/α-hetero) is 1. The maximum atomic E-state index is 11.8. The Kier molecular flexibility index (Phi) is 5.02. The molecule has 1 amide bonds. The summed E-state index contributed by atoms with van der Waals surface area (Å²) in [6, 6.07) is 5.32. The Bertz CT molecular complexity index is 565. The number of carbonyl (C=O) groups excluding carboxylic acids is 2. The van der Waals surface area contributed by atoms with Gasteiger partial charge in [0, 0.05) is 5.56 Å². The molecule has 7 nitrogen and oxygen atoms in total. The predicted octanol–water partition coefficient (Wildman–Crippen LogP) is 0.829. The maximum absolute atomic E-state index is 11.8. The molecule has 104 valence electrons. The van der Waals surface area contributed by atoms with E-state index < -0.39 is 16.1 Å². The highest BCUT2D eigenvalue weighted by atomic mass is 32.2. The number of nitrogens with one attached hydrogen (secondary N) is 2. The summed E-state index contributed by atoms with van der Waals surface area (Å²) in [6.07, 6.45) is -0.897. The van der Waals surface area contributed by atoms with Crippen LogP contribution in [0.1, 0.15) is 24.2 Å². The summed E-state index contributed by atoms with van der Waals surface area (Å²) < 4.78 is 28.0. The van der Waals surface area contributed by atoms with E-state index in [0.29, 0.717) is 5.56 Å². The molecule has 8 heteroatoms. The number of carbonyl (C=O) groups is 2. The van der Waals surface area contributed by atoms with Crippen molar-refractivity contribution >= 4 is 21.9 Å². The third kappa shape index (κ3) is 4.34. The van der Waals surface area contributed by atoms with E-state index in [1.54, 1.807) is 6.92 Å². The Hall–Kier alpha value is -1.93. The smallest absolute Gasteiger partial charge is 0.422 e. The lowest BCUT2D eigenvalue weighted by Crippen LogP contribution is -2.41. The molecule has 0 heterocycles. The fourth-order valence-corrected chi connectivity index (χ4v) is 2.03. The van der Waals surface area contributed by atoms with Crippen LogP contribution in [0.25, 0.3) is 0 Å². The Balaban J connectivity index is 2.77. The molecule has 0 spiro atoms. The van der Waals surface area contributed by atoms with Crippen molar-refractivity contribution in [2.24, 2.45) is 0 Å². The number of hydrazine groups is 1. The third-order valence-corrected chi connectivity index (χ3v) is 3.40. The Labute approximate surface area is 111 Å². The summed E-state index contributed by atoms with van der Waals surface area (Å²) in [7, 11) is -3.89. The summed E-state index contributed by atoms with van der Waals surface area (Å²) in [5.74, 6) is -0.165. The lowest BCUT2D eigenvalue weighted by atomic mass is 10.2. The average molecular weight is 286 g/mol. The zero-order valence-electron chi connectivity index (χ0n) is 10.5. The van der Waals surface area contributed by atoms with Crippen LogP contribution in [0.5, 0.6) is 0 Å². The average Bonchev–Trinajstić information content (AvgIpc) is 2.37. The molecule has 0 atom stereocenters. The molecule has 0 aliphatic heterocycles. The molecule has 0 saturated carbocycles. The molecule has 19 heavy (non-hydrogen) atoms. The minimum absolute atomic E-state index is 0.0747. The number of hydrogen-bond acceptors (Lipinski definition) is 5. The second-order valence-electron chi connectivity index (χ2n) is 3.53. The Morgan fingerprint density at radius 1 is 1.21 bits per heavy atom. The number of amides is 1. The van der Waals surface area contributed by atoms with E-state index in [1.165, 1.54) is 31.2 Å². The Morgan fingerprint density at radius 3 is 2.26 bits per heavy atom. The van der Waals surface area contributed by atoms with Crippen LogP contribution in [-0.4, -0.2) is 26.9 Å². The monoisotopic (exact) mass is 286 g/mol. The lowest BCUT2D eigenvalue weighted by molar-refractivity contribution is 0.101. The van der Waals surface area contributed by atoms with Crippen LogP contribution in [-0.2, 0) is 14.8 Å². The van der Waals surface area contributed by atoms with Crippen molar-refractivity contribution < 1.29 is 22.7 Å². The third-order valence-electron chi connectivity index (χ3n) is 2.13. The first-order valence-corrected chi connectivity index (χ1v) is 6.90. The zero-order chi connectivity index (χ0) is 14.5. The van der Waals surface area contributed by atoms with Gasteiger partial charge >= 0.3 is 6.09 Å². The van der Waals surface area contributed by atoms with Gasteiger partial charge in [0.25, 0.3) is 10.0 Å². The molecule has 0 aromatic heterocycles. The SMILES string of the molecule is CCOC(=O)NNS(=O)(=O)c1ccc(C(C)=O)cc1. The van der Waals surface area contributed by atoms with Gasteiger partial charge in [0.05, 0.1) is 11.5 Å². The van der Waals surface area contributed by atoms with E-state index in [4.69, 9.17) is 0 Å². The highest BCUT2D eigenvalue weighted by Crippen LogP contribution is 2.10. The first kappa shape index (κ1) is 15.1. The van der Waals surface area contributed by atoms with Crippen molar-refractivity contribution in [1.29, 1.82) is 0 Å². The molecule has 0 fully saturated rings. The Morgan fingerprint density at radius 2 is 1.79 bits per heavy atom. The van der Waals surface area contributed by atoms with E-state index in [-0.39, 0.29) is 17.3 Å². The van der Waals surface area contributed by atoms with Gasteiger partial charge in [-0.1, -0.05) is 12.1 Å². The van der Waals surface area contributed by atoms with Crippen LogP contribution >= 0.6 is 0 Å². The summed E-state index contributed by atoms with van der Waals surface area (Å²) >= 11 is 0. The minimum Gasteiger partial charge on any atom is -0.449 e. The van der Waals surface area contributed by atoms with Gasteiger partial charge in [0.15, 0.2) is 5.78 Å². The van der Waals surface area contributed by atoms with E-state index in [1.807, 2.05) is 10.3 Å². The summed E-state index contributed by atoms with van der Waals surface area (Å²) in [4.78, 5) is 23.8. The van der Waals surface area contributed by atoms with Crippen molar-refractivity contribution in [1.82, 2.24) is 10.3 Å². The molecule has 0 saturated heterocycles. The zero-order valence-corrected chi connectivity index (χ0v) is 11.3. The molecular weight excluding hydrogens is 272 g/mol. The standard InChI is InChI=1S/C11H14N2O5S/c1-3-18-11(15)12-13-19(16,17)10-6-4-9(5-7-10)8(2)14/h4-7,13H,3H2,1-2H3,(H,12,15). The molecule has 0 bridgehead atoms. The normalized spacial score (nSPS) is 10.8. The van der Waals surface area contributed by atoms with Gasteiger partial charge in [0.1, 0.15) is 0 Å². The molecule has 0 aliphatic carbocycles. The summed E-state index contributed by atoms with van der Waals surface area (Å²) in [5, 5.41) is 0. The van der Waals surface area contributed by atoms with Crippen molar-refractivity contribution in [3.63, 3.8) is 0 Å². The van der Waals surface area contributed by atoms with E-state index >= 15 is 0 Å². The highest BCUT2D eigenvalue weighted by molar-refractivity contribution is 7.89. The number of benzene rings is 1. The van der Waals surface area contributed by atoms with Gasteiger partial charge in [-0.2, -0.15) is 0 Å². The largest absolute Gasteiger partial charge is 0.449 e. The fraction of sp³-hybridized carbons (Fsp3) is 0.273. The van der Waals surface area contributed by atoms with Crippen molar-refractivity contribution in [2.45, 2.75) is 18.7 Å². The molecule has 1 aromatic carbocycles. The molecule has 0 radical (unpaired) electrons. The van der Waals surface area contributed by atoms with Crippen LogP contribution in [0.4, 0.5) is 4.79 Å². The highest BCUT2D eigenvalue weighted by Gasteiger charge is 2.15. The molecule has 2 N–H and O–H groups in total. The van der Waals surface area contributed by atoms with Gasteiger partial charge < -0.3 is 4.74 Å². The number of ketones is 1. The van der Waals surface area contributed by atoms with Crippen molar-refractivity contribution in [2.75, 3.05) is 6.61 Å². The first-order valence-electron chi connectivity index (χ1n) is 5.42. The number of hydrogen-bond donors (Lipinski definition) is 2. The fourth-order valence-electron chi connectivity index (χ4n) is 1.20. The second kappa shape index (κ2) is 6.30. The van der Waals surface area contributed by atoms with Crippen LogP contribution in [0.15, 0.2) is 29.2 Å². The maximum Gasteiger partial charge on any atom is 0.422 e. The quantitative estimate of drug-likeness (QED) is 0.616. The van der Waals surface area contributed by atoms with Gasteiger partial charge in [-0.3, -0.25) is 4.79 Å². The second-order valence-corrected chi connectivity index (χ2v) is 5.21. The van der Waals surface area contributed by atoms with Crippen LogP contribution < -0.4 is 10.3 Å². The van der Waals surface area contributed by atoms with Crippen LogP contribution in [0.3, 0.4) is 0 Å². The van der Waals surface area contributed by atoms with Gasteiger partial charge in [0.2, 0.25) is 0 Å². The van der Waals surface area contributed by atoms with Crippen molar-refractivity contribution in [3.05, 3.63) is 29.8 Å². The van der Waals surface area contributed by atoms with Gasteiger partial charge in [-0.05, 0) is 26.0 Å². The van der Waals surface area contributed by atoms with Gasteiger partial charge in [-0.15, -0.1) is 4.83 Å². The summed E-state index contributed by atoms with van der Waals surface area (Å²) in [6.45, 7) is 3.10. The lowest BCUT2D eigenvalue weighted by Gasteiger charge is -2.08. The number of sulfonamides is 1. The topological polar surface area (TPSA) is 102 Å². The molecular formula is C11H14N2O5S. The van der Waals surface area contributed by atoms with Gasteiger partial charge in [-0.25, -0.2) is 18.6 Å². The summed E-state index contributed by atoms with van der Waals surface area (Å²) in [5.41, 5.74) is 2.29. The molecule has 0 unspecified atom stereocenters. The van der Waals surface area contributed by atoms with Crippen molar-refractivity contribution in [3.8, 4) is 0 Å². The van der Waals surface area contributed by atoms with E-state index in [0.717, 1.165) is 0 Å². The minimum atomic E-state index is -3.89. The molecule has 1 rings (SSSR count). The van der Waals surface area contributed by atoms with Crippen LogP contribution in [0.2, 0.25) is 0 Å². The molecule has 1 aromatic rings. The van der Waals surface area contributed by atoms with E-state index in [2.05, 4.69) is 4.74 Å².